The van der Waals surface area contributed by atoms with Gasteiger partial charge in [0, 0.05) is 19.3 Å². The third kappa shape index (κ3) is 4.93. The number of methoxy groups -OCH3 is 1. The molecular weight excluding hydrogens is 247 g/mol. The van der Waals surface area contributed by atoms with Crippen molar-refractivity contribution in [2.75, 3.05) is 38.8 Å². The zero-order valence-electron chi connectivity index (χ0n) is 10.1. The molecule has 0 amide bonds. The SMILES string of the molecule is COCCOCCNc1ccccc1C(F)(F)F. The van der Waals surface area contributed by atoms with Crippen LogP contribution in [0, 0.1) is 0 Å². The Balaban J connectivity index is 2.43. The summed E-state index contributed by atoms with van der Waals surface area (Å²) in [7, 11) is 1.56. The van der Waals surface area contributed by atoms with Crippen molar-refractivity contribution in [2.45, 2.75) is 6.18 Å². The Hall–Kier alpha value is -1.27. The van der Waals surface area contributed by atoms with Crippen LogP contribution in [0.15, 0.2) is 24.3 Å². The fraction of sp³-hybridized carbons (Fsp3) is 0.500. The molecule has 0 spiro atoms. The van der Waals surface area contributed by atoms with Gasteiger partial charge in [-0.1, -0.05) is 12.1 Å². The van der Waals surface area contributed by atoms with E-state index in [1.54, 1.807) is 13.2 Å². The Kier molecular flexibility index (Phi) is 5.94. The Morgan fingerprint density at radius 1 is 1.11 bits per heavy atom. The van der Waals surface area contributed by atoms with Crippen molar-refractivity contribution in [3.8, 4) is 0 Å². The van der Waals surface area contributed by atoms with Gasteiger partial charge in [-0.3, -0.25) is 0 Å². The van der Waals surface area contributed by atoms with Gasteiger partial charge in [0.05, 0.1) is 25.4 Å². The van der Waals surface area contributed by atoms with Gasteiger partial charge < -0.3 is 14.8 Å². The van der Waals surface area contributed by atoms with Crippen LogP contribution in [0.3, 0.4) is 0 Å². The number of alkyl halides is 3. The van der Waals surface area contributed by atoms with Crippen LogP contribution in [0.1, 0.15) is 5.56 Å². The van der Waals surface area contributed by atoms with Crippen LogP contribution in [-0.4, -0.2) is 33.5 Å². The molecule has 6 heteroatoms. The van der Waals surface area contributed by atoms with Crippen LogP contribution in [-0.2, 0) is 15.7 Å². The fourth-order valence-corrected chi connectivity index (χ4v) is 1.39. The molecular formula is C12H16F3NO2. The number of anilines is 1. The number of halogens is 3. The van der Waals surface area contributed by atoms with E-state index in [1.165, 1.54) is 12.1 Å². The normalized spacial score (nSPS) is 11.6. The number of para-hydroxylation sites is 1. The van der Waals surface area contributed by atoms with Crippen LogP contribution >= 0.6 is 0 Å². The van der Waals surface area contributed by atoms with Crippen LogP contribution < -0.4 is 5.32 Å². The Morgan fingerprint density at radius 3 is 2.50 bits per heavy atom. The molecule has 0 radical (unpaired) electrons. The average Bonchev–Trinajstić information content (AvgIpc) is 2.33. The van der Waals surface area contributed by atoms with Crippen molar-refractivity contribution >= 4 is 5.69 Å². The second kappa shape index (κ2) is 7.23. The van der Waals surface area contributed by atoms with Crippen LogP contribution in [0.4, 0.5) is 18.9 Å². The van der Waals surface area contributed by atoms with E-state index in [4.69, 9.17) is 9.47 Å². The first-order chi connectivity index (χ1) is 8.55. The highest BCUT2D eigenvalue weighted by molar-refractivity contribution is 5.52. The van der Waals surface area contributed by atoms with E-state index in [2.05, 4.69) is 5.32 Å². The highest BCUT2D eigenvalue weighted by Gasteiger charge is 2.32. The summed E-state index contributed by atoms with van der Waals surface area (Å²) < 4.78 is 47.8. The first-order valence-electron chi connectivity index (χ1n) is 5.52. The lowest BCUT2D eigenvalue weighted by atomic mass is 10.1. The van der Waals surface area contributed by atoms with Gasteiger partial charge >= 0.3 is 6.18 Å². The average molecular weight is 263 g/mol. The second-order valence-electron chi connectivity index (χ2n) is 3.58. The summed E-state index contributed by atoms with van der Waals surface area (Å²) in [5, 5.41) is 2.71. The van der Waals surface area contributed by atoms with Crippen LogP contribution in [0.25, 0.3) is 0 Å². The van der Waals surface area contributed by atoms with Crippen molar-refractivity contribution in [1.29, 1.82) is 0 Å². The van der Waals surface area contributed by atoms with Gasteiger partial charge in [-0.25, -0.2) is 0 Å². The minimum absolute atomic E-state index is 0.0698. The zero-order valence-corrected chi connectivity index (χ0v) is 10.1. The molecule has 0 aliphatic heterocycles. The summed E-state index contributed by atoms with van der Waals surface area (Å²) in [5.74, 6) is 0. The number of ether oxygens (including phenoxy) is 2. The number of hydrogen-bond donors (Lipinski definition) is 1. The third-order valence-corrected chi connectivity index (χ3v) is 2.23. The molecule has 1 aromatic carbocycles. The summed E-state index contributed by atoms with van der Waals surface area (Å²) in [6, 6.07) is 5.37. The zero-order chi connectivity index (χ0) is 13.4. The van der Waals surface area contributed by atoms with Crippen LogP contribution in [0.2, 0.25) is 0 Å². The maximum atomic E-state index is 12.6. The predicted molar refractivity (Wildman–Crippen MR) is 62.6 cm³/mol. The van der Waals surface area contributed by atoms with Crippen molar-refractivity contribution in [2.24, 2.45) is 0 Å². The number of hydrogen-bond acceptors (Lipinski definition) is 3. The molecule has 0 unspecified atom stereocenters. The summed E-state index contributed by atoms with van der Waals surface area (Å²) in [6.07, 6.45) is -4.35. The van der Waals surface area contributed by atoms with E-state index in [1.807, 2.05) is 0 Å². The van der Waals surface area contributed by atoms with Gasteiger partial charge in [-0.15, -0.1) is 0 Å². The molecule has 0 aliphatic carbocycles. The summed E-state index contributed by atoms with van der Waals surface area (Å²) in [4.78, 5) is 0. The van der Waals surface area contributed by atoms with Gasteiger partial charge in [-0.05, 0) is 12.1 Å². The highest BCUT2D eigenvalue weighted by atomic mass is 19.4. The lowest BCUT2D eigenvalue weighted by molar-refractivity contribution is -0.137. The van der Waals surface area contributed by atoms with E-state index < -0.39 is 11.7 Å². The number of nitrogens with one attached hydrogen (secondary N) is 1. The smallest absolute Gasteiger partial charge is 0.382 e. The van der Waals surface area contributed by atoms with E-state index >= 15 is 0 Å². The number of benzene rings is 1. The largest absolute Gasteiger partial charge is 0.418 e. The van der Waals surface area contributed by atoms with Gasteiger partial charge in [0.15, 0.2) is 0 Å². The Morgan fingerprint density at radius 2 is 1.83 bits per heavy atom. The molecule has 3 nitrogen and oxygen atoms in total. The lowest BCUT2D eigenvalue weighted by Crippen LogP contribution is -2.15. The topological polar surface area (TPSA) is 30.5 Å². The van der Waals surface area contributed by atoms with Crippen LogP contribution in [0.5, 0.6) is 0 Å². The van der Waals surface area contributed by atoms with Crippen molar-refractivity contribution < 1.29 is 22.6 Å². The summed E-state index contributed by atoms with van der Waals surface area (Å²) in [5.41, 5.74) is -0.595. The third-order valence-electron chi connectivity index (χ3n) is 2.23. The summed E-state index contributed by atoms with van der Waals surface area (Å²) in [6.45, 7) is 1.55. The summed E-state index contributed by atoms with van der Waals surface area (Å²) >= 11 is 0. The van der Waals surface area contributed by atoms with E-state index in [0.29, 0.717) is 26.4 Å². The van der Waals surface area contributed by atoms with Crippen molar-refractivity contribution in [3.05, 3.63) is 29.8 Å². The maximum Gasteiger partial charge on any atom is 0.418 e. The first-order valence-corrected chi connectivity index (χ1v) is 5.52. The minimum atomic E-state index is -4.35. The molecule has 1 aromatic rings. The van der Waals surface area contributed by atoms with Gasteiger partial charge in [0.2, 0.25) is 0 Å². The predicted octanol–water partition coefficient (Wildman–Crippen LogP) is 2.78. The second-order valence-corrected chi connectivity index (χ2v) is 3.58. The van der Waals surface area contributed by atoms with E-state index in [-0.39, 0.29) is 5.69 Å². The molecule has 1 rings (SSSR count). The first kappa shape index (κ1) is 14.8. The Labute approximate surface area is 104 Å². The molecule has 0 saturated heterocycles. The van der Waals surface area contributed by atoms with Gasteiger partial charge in [0.1, 0.15) is 0 Å². The molecule has 0 heterocycles. The highest BCUT2D eigenvalue weighted by Crippen LogP contribution is 2.34. The molecule has 18 heavy (non-hydrogen) atoms. The Bertz CT molecular complexity index is 355. The standard InChI is InChI=1S/C12H16F3NO2/c1-17-8-9-18-7-6-16-11-5-3-2-4-10(11)12(13,14)15/h2-5,16H,6-9H2,1H3. The quantitative estimate of drug-likeness (QED) is 0.767. The molecule has 1 N–H and O–H groups in total. The van der Waals surface area contributed by atoms with E-state index in [9.17, 15) is 13.2 Å². The van der Waals surface area contributed by atoms with Crippen molar-refractivity contribution in [1.82, 2.24) is 0 Å². The number of rotatable bonds is 7. The maximum absolute atomic E-state index is 12.6. The molecule has 0 atom stereocenters. The molecule has 0 saturated carbocycles. The molecule has 0 aliphatic rings. The van der Waals surface area contributed by atoms with Gasteiger partial charge in [-0.2, -0.15) is 13.2 Å². The fourth-order valence-electron chi connectivity index (χ4n) is 1.39. The molecule has 0 bridgehead atoms. The van der Waals surface area contributed by atoms with Gasteiger partial charge in [0.25, 0.3) is 0 Å². The van der Waals surface area contributed by atoms with Crippen molar-refractivity contribution in [3.63, 3.8) is 0 Å². The lowest BCUT2D eigenvalue weighted by Gasteiger charge is -2.14. The van der Waals surface area contributed by atoms with E-state index in [0.717, 1.165) is 6.07 Å². The molecule has 0 aromatic heterocycles. The molecule has 0 fully saturated rings. The minimum Gasteiger partial charge on any atom is -0.382 e. The monoisotopic (exact) mass is 263 g/mol. The molecule has 102 valence electrons.